The van der Waals surface area contributed by atoms with Gasteiger partial charge in [-0.3, -0.25) is 0 Å². The first-order valence-electron chi connectivity index (χ1n) is 6.62. The van der Waals surface area contributed by atoms with E-state index in [9.17, 15) is 4.39 Å². The first-order valence-corrected chi connectivity index (χ1v) is 6.62. The van der Waals surface area contributed by atoms with Crippen LogP contribution in [0.4, 0.5) is 15.8 Å². The minimum absolute atomic E-state index is 0.226. The van der Waals surface area contributed by atoms with Gasteiger partial charge in [0.05, 0.1) is 5.69 Å². The van der Waals surface area contributed by atoms with Crippen LogP contribution in [0.2, 0.25) is 0 Å². The lowest BCUT2D eigenvalue weighted by Gasteiger charge is -2.37. The summed E-state index contributed by atoms with van der Waals surface area (Å²) in [4.78, 5) is 4.49. The van der Waals surface area contributed by atoms with Gasteiger partial charge in [-0.25, -0.2) is 4.39 Å². The Bertz CT molecular complexity index is 400. The highest BCUT2D eigenvalue weighted by molar-refractivity contribution is 5.54. The molecule has 2 rings (SSSR count). The van der Waals surface area contributed by atoms with Gasteiger partial charge in [-0.2, -0.15) is 0 Å². The Morgan fingerprint density at radius 3 is 2.61 bits per heavy atom. The topological polar surface area (TPSA) is 32.5 Å². The summed E-state index contributed by atoms with van der Waals surface area (Å²) in [6, 6.07) is 5.35. The molecule has 1 fully saturated rings. The van der Waals surface area contributed by atoms with Crippen molar-refractivity contribution in [2.24, 2.45) is 0 Å². The van der Waals surface area contributed by atoms with Gasteiger partial charge in [0.15, 0.2) is 0 Å². The summed E-state index contributed by atoms with van der Waals surface area (Å²) in [6.07, 6.45) is 2.18. The number of anilines is 2. The van der Waals surface area contributed by atoms with Crippen LogP contribution in [0.15, 0.2) is 18.2 Å². The molecule has 1 aromatic rings. The predicted octanol–water partition coefficient (Wildman–Crippen LogP) is 2.33. The van der Waals surface area contributed by atoms with Crippen molar-refractivity contribution in [1.82, 2.24) is 4.90 Å². The van der Waals surface area contributed by atoms with E-state index >= 15 is 0 Å². The van der Waals surface area contributed by atoms with Crippen LogP contribution in [0.5, 0.6) is 0 Å². The van der Waals surface area contributed by atoms with Crippen molar-refractivity contribution in [3.05, 3.63) is 24.0 Å². The zero-order valence-corrected chi connectivity index (χ0v) is 11.2. The lowest BCUT2D eigenvalue weighted by Crippen LogP contribution is -2.43. The van der Waals surface area contributed by atoms with E-state index in [-0.39, 0.29) is 5.82 Å². The Hall–Kier alpha value is -1.29. The molecule has 0 aliphatic carbocycles. The fourth-order valence-electron chi connectivity index (χ4n) is 2.63. The zero-order valence-electron chi connectivity index (χ0n) is 11.2. The highest BCUT2D eigenvalue weighted by Crippen LogP contribution is 2.25. The van der Waals surface area contributed by atoms with Crippen molar-refractivity contribution < 1.29 is 4.39 Å². The lowest BCUT2D eigenvalue weighted by molar-refractivity contribution is 0.220. The second kappa shape index (κ2) is 5.57. The SMILES string of the molecule is CCN1CCC(N(C)c2ccc(N)cc2F)CC1. The van der Waals surface area contributed by atoms with Crippen LogP contribution in [0.25, 0.3) is 0 Å². The van der Waals surface area contributed by atoms with Gasteiger partial charge in [0.25, 0.3) is 0 Å². The number of halogens is 1. The maximum atomic E-state index is 13.9. The second-order valence-corrected chi connectivity index (χ2v) is 4.99. The molecular weight excluding hydrogens is 229 g/mol. The fraction of sp³-hybridized carbons (Fsp3) is 0.571. The van der Waals surface area contributed by atoms with E-state index in [1.807, 2.05) is 7.05 Å². The van der Waals surface area contributed by atoms with Gasteiger partial charge in [-0.05, 0) is 37.6 Å². The Morgan fingerprint density at radius 2 is 2.06 bits per heavy atom. The summed E-state index contributed by atoms with van der Waals surface area (Å²) in [5.74, 6) is -0.226. The standard InChI is InChI=1S/C14H22FN3/c1-3-18-8-6-12(7-9-18)17(2)14-5-4-11(16)10-13(14)15/h4-5,10,12H,3,6-9,16H2,1-2H3. The first-order chi connectivity index (χ1) is 8.61. The number of nitrogens with two attached hydrogens (primary N) is 1. The van der Waals surface area contributed by atoms with Crippen LogP contribution in [0.1, 0.15) is 19.8 Å². The summed E-state index contributed by atoms with van der Waals surface area (Å²) in [5.41, 5.74) is 6.71. The molecule has 1 aliphatic heterocycles. The normalized spacial score (nSPS) is 17.9. The Kier molecular flexibility index (Phi) is 4.07. The number of nitrogens with zero attached hydrogens (tertiary/aromatic N) is 2. The first kappa shape index (κ1) is 13.1. The summed E-state index contributed by atoms with van der Waals surface area (Å²) in [6.45, 7) is 5.49. The van der Waals surface area contributed by atoms with Crippen molar-refractivity contribution in [3.63, 3.8) is 0 Å². The summed E-state index contributed by atoms with van der Waals surface area (Å²) >= 11 is 0. The van der Waals surface area contributed by atoms with E-state index in [1.54, 1.807) is 12.1 Å². The van der Waals surface area contributed by atoms with Crippen molar-refractivity contribution in [2.45, 2.75) is 25.8 Å². The molecule has 100 valence electrons. The summed E-state index contributed by atoms with van der Waals surface area (Å²) in [5, 5.41) is 0. The quantitative estimate of drug-likeness (QED) is 0.837. The minimum atomic E-state index is -0.226. The fourth-order valence-corrected chi connectivity index (χ4v) is 2.63. The van der Waals surface area contributed by atoms with E-state index in [1.165, 1.54) is 6.07 Å². The third-order valence-electron chi connectivity index (χ3n) is 3.90. The van der Waals surface area contributed by atoms with Gasteiger partial charge in [0.1, 0.15) is 5.82 Å². The van der Waals surface area contributed by atoms with Crippen molar-refractivity contribution in [1.29, 1.82) is 0 Å². The Labute approximate surface area is 108 Å². The van der Waals surface area contributed by atoms with E-state index in [0.717, 1.165) is 32.5 Å². The van der Waals surface area contributed by atoms with E-state index in [0.29, 0.717) is 17.4 Å². The van der Waals surface area contributed by atoms with Crippen LogP contribution in [-0.2, 0) is 0 Å². The molecular formula is C14H22FN3. The predicted molar refractivity (Wildman–Crippen MR) is 74.4 cm³/mol. The van der Waals surface area contributed by atoms with Crippen molar-refractivity contribution in [2.75, 3.05) is 37.3 Å². The molecule has 0 atom stereocenters. The Morgan fingerprint density at radius 1 is 1.39 bits per heavy atom. The molecule has 1 aromatic carbocycles. The zero-order chi connectivity index (χ0) is 13.1. The minimum Gasteiger partial charge on any atom is -0.399 e. The maximum absolute atomic E-state index is 13.9. The van der Waals surface area contributed by atoms with E-state index in [4.69, 9.17) is 5.73 Å². The molecule has 0 unspecified atom stereocenters. The largest absolute Gasteiger partial charge is 0.399 e. The second-order valence-electron chi connectivity index (χ2n) is 4.99. The molecule has 0 bridgehead atoms. The Balaban J connectivity index is 2.05. The number of hydrogen-bond acceptors (Lipinski definition) is 3. The monoisotopic (exact) mass is 251 g/mol. The highest BCUT2D eigenvalue weighted by Gasteiger charge is 2.23. The summed E-state index contributed by atoms with van der Waals surface area (Å²) in [7, 11) is 1.97. The summed E-state index contributed by atoms with van der Waals surface area (Å²) < 4.78 is 13.9. The van der Waals surface area contributed by atoms with Gasteiger partial charge < -0.3 is 15.5 Å². The number of nitrogen functional groups attached to an aromatic ring is 1. The van der Waals surface area contributed by atoms with Crippen molar-refractivity contribution >= 4 is 11.4 Å². The molecule has 0 spiro atoms. The van der Waals surface area contributed by atoms with Crippen LogP contribution < -0.4 is 10.6 Å². The third kappa shape index (κ3) is 2.75. The molecule has 0 saturated carbocycles. The highest BCUT2D eigenvalue weighted by atomic mass is 19.1. The number of benzene rings is 1. The molecule has 1 saturated heterocycles. The lowest BCUT2D eigenvalue weighted by atomic mass is 10.0. The van der Waals surface area contributed by atoms with Crippen LogP contribution in [0, 0.1) is 5.82 Å². The van der Waals surface area contributed by atoms with E-state index < -0.39 is 0 Å². The number of likely N-dealkylation sites (tertiary alicyclic amines) is 1. The molecule has 0 amide bonds. The molecule has 4 heteroatoms. The van der Waals surface area contributed by atoms with Gasteiger partial charge in [-0.1, -0.05) is 6.92 Å². The number of hydrogen-bond donors (Lipinski definition) is 1. The molecule has 0 aromatic heterocycles. The van der Waals surface area contributed by atoms with Crippen LogP contribution >= 0.6 is 0 Å². The van der Waals surface area contributed by atoms with Gasteiger partial charge in [0.2, 0.25) is 0 Å². The van der Waals surface area contributed by atoms with Crippen LogP contribution in [-0.4, -0.2) is 37.6 Å². The van der Waals surface area contributed by atoms with Gasteiger partial charge in [0, 0.05) is 31.9 Å². The molecule has 1 heterocycles. The number of rotatable bonds is 3. The van der Waals surface area contributed by atoms with E-state index in [2.05, 4.69) is 16.7 Å². The van der Waals surface area contributed by atoms with Gasteiger partial charge >= 0.3 is 0 Å². The number of piperidine rings is 1. The average molecular weight is 251 g/mol. The molecule has 2 N–H and O–H groups in total. The third-order valence-corrected chi connectivity index (χ3v) is 3.90. The van der Waals surface area contributed by atoms with Crippen LogP contribution in [0.3, 0.4) is 0 Å². The molecule has 1 aliphatic rings. The van der Waals surface area contributed by atoms with Gasteiger partial charge in [-0.15, -0.1) is 0 Å². The molecule has 3 nitrogen and oxygen atoms in total. The molecule has 18 heavy (non-hydrogen) atoms. The molecule has 0 radical (unpaired) electrons. The smallest absolute Gasteiger partial charge is 0.148 e. The average Bonchev–Trinajstić information content (AvgIpc) is 2.38. The maximum Gasteiger partial charge on any atom is 0.148 e. The van der Waals surface area contributed by atoms with Crippen molar-refractivity contribution in [3.8, 4) is 0 Å².